The van der Waals surface area contributed by atoms with Gasteiger partial charge in [-0.15, -0.1) is 0 Å². The molecule has 2 bridgehead atoms. The smallest absolute Gasteiger partial charge is 0.103 e. The van der Waals surface area contributed by atoms with Gasteiger partial charge in [0, 0.05) is 12.3 Å². The average Bonchev–Trinajstić information content (AvgIpc) is 2.63. The van der Waals surface area contributed by atoms with Gasteiger partial charge >= 0.3 is 0 Å². The number of aliphatic hydroxyl groups is 1. The molecule has 0 spiro atoms. The van der Waals surface area contributed by atoms with E-state index in [9.17, 15) is 5.11 Å². The second-order valence-corrected chi connectivity index (χ2v) is 6.23. The van der Waals surface area contributed by atoms with Gasteiger partial charge < -0.3 is 14.3 Å². The maximum Gasteiger partial charge on any atom is 0.103 e. The quantitative estimate of drug-likeness (QED) is 0.739. The van der Waals surface area contributed by atoms with Crippen molar-refractivity contribution in [3.8, 4) is 0 Å². The molecule has 3 rings (SSSR count). The normalized spacial score (nSPS) is 44.8. The zero-order valence-corrected chi connectivity index (χ0v) is 11.0. The minimum Gasteiger partial charge on any atom is -0.392 e. The number of quaternary nitrogens is 1. The molecule has 0 amide bonds. The van der Waals surface area contributed by atoms with Gasteiger partial charge in [-0.05, 0) is 32.1 Å². The molecule has 4 atom stereocenters. The summed E-state index contributed by atoms with van der Waals surface area (Å²) < 4.78 is 6.76. The first-order valence-electron chi connectivity index (χ1n) is 7.38. The number of morpholine rings is 1. The summed E-state index contributed by atoms with van der Waals surface area (Å²) >= 11 is 0. The van der Waals surface area contributed by atoms with Crippen LogP contribution in [0.2, 0.25) is 0 Å². The molecular formula is C14H26NO2+. The molecule has 3 aliphatic rings. The van der Waals surface area contributed by atoms with Crippen LogP contribution >= 0.6 is 0 Å². The van der Waals surface area contributed by atoms with Crippen molar-refractivity contribution in [2.75, 3.05) is 32.8 Å². The number of nitrogens with zero attached hydrogens (tertiary/aromatic N) is 1. The first-order chi connectivity index (χ1) is 8.27. The summed E-state index contributed by atoms with van der Waals surface area (Å²) in [6, 6.07) is 0.706. The van der Waals surface area contributed by atoms with Crippen LogP contribution in [0.1, 0.15) is 32.6 Å². The zero-order valence-electron chi connectivity index (χ0n) is 11.0. The van der Waals surface area contributed by atoms with Crippen molar-refractivity contribution >= 4 is 0 Å². The highest BCUT2D eigenvalue weighted by atomic mass is 16.5. The van der Waals surface area contributed by atoms with Gasteiger partial charge in [-0.1, -0.05) is 0 Å². The van der Waals surface area contributed by atoms with Crippen LogP contribution in [0, 0.1) is 11.8 Å². The van der Waals surface area contributed by atoms with Gasteiger partial charge in [-0.25, -0.2) is 0 Å². The Bertz CT molecular complexity index is 275. The number of rotatable bonds is 2. The summed E-state index contributed by atoms with van der Waals surface area (Å²) in [7, 11) is 0. The topological polar surface area (TPSA) is 29.5 Å². The van der Waals surface area contributed by atoms with Gasteiger partial charge in [0.05, 0.1) is 31.9 Å². The lowest BCUT2D eigenvalue weighted by Crippen LogP contribution is -2.64. The monoisotopic (exact) mass is 240 g/mol. The SMILES string of the molecule is CC[N+]1([C@H]2CC[C@@H]3CC[C@@H]2[C@@H]3O)CCOCC1. The summed E-state index contributed by atoms with van der Waals surface area (Å²) in [5, 5.41) is 10.4. The van der Waals surface area contributed by atoms with Crippen molar-refractivity contribution in [3.63, 3.8) is 0 Å². The molecule has 17 heavy (non-hydrogen) atoms. The van der Waals surface area contributed by atoms with Crippen LogP contribution in [0.5, 0.6) is 0 Å². The molecule has 0 aromatic carbocycles. The summed E-state index contributed by atoms with van der Waals surface area (Å²) in [6.45, 7) is 7.68. The first-order valence-corrected chi connectivity index (χ1v) is 7.38. The molecule has 1 heterocycles. The Hall–Kier alpha value is -0.120. The van der Waals surface area contributed by atoms with Crippen LogP contribution in [-0.4, -0.2) is 54.6 Å². The predicted octanol–water partition coefficient (Wildman–Crippen LogP) is 1.40. The number of aliphatic hydroxyl groups excluding tert-OH is 1. The van der Waals surface area contributed by atoms with Crippen LogP contribution in [-0.2, 0) is 4.74 Å². The summed E-state index contributed by atoms with van der Waals surface area (Å²) in [6.07, 6.45) is 5.11. The summed E-state index contributed by atoms with van der Waals surface area (Å²) in [5.74, 6) is 1.20. The number of likely N-dealkylation sites (N-methyl/N-ethyl adjacent to an activating group) is 1. The van der Waals surface area contributed by atoms with E-state index in [2.05, 4.69) is 6.92 Å². The maximum atomic E-state index is 10.4. The van der Waals surface area contributed by atoms with Crippen molar-refractivity contribution in [3.05, 3.63) is 0 Å². The summed E-state index contributed by atoms with van der Waals surface area (Å²) in [4.78, 5) is 0. The molecule has 0 aromatic heterocycles. The third-order valence-electron chi connectivity index (χ3n) is 5.82. The molecular weight excluding hydrogens is 214 g/mol. The lowest BCUT2D eigenvalue weighted by molar-refractivity contribution is -0.961. The number of hydrogen-bond donors (Lipinski definition) is 1. The van der Waals surface area contributed by atoms with Crippen molar-refractivity contribution < 1.29 is 14.3 Å². The van der Waals surface area contributed by atoms with E-state index < -0.39 is 0 Å². The summed E-state index contributed by atoms with van der Waals surface area (Å²) in [5.41, 5.74) is 0. The average molecular weight is 240 g/mol. The Morgan fingerprint density at radius 2 is 1.82 bits per heavy atom. The molecule has 1 N–H and O–H groups in total. The highest BCUT2D eigenvalue weighted by Crippen LogP contribution is 2.46. The van der Waals surface area contributed by atoms with Crippen LogP contribution in [0.3, 0.4) is 0 Å². The van der Waals surface area contributed by atoms with Crippen molar-refractivity contribution in [1.29, 1.82) is 0 Å². The minimum absolute atomic E-state index is 0.00172. The fraction of sp³-hybridized carbons (Fsp3) is 1.00. The molecule has 3 fully saturated rings. The Morgan fingerprint density at radius 1 is 1.12 bits per heavy atom. The number of hydrogen-bond acceptors (Lipinski definition) is 2. The van der Waals surface area contributed by atoms with E-state index in [0.717, 1.165) is 26.3 Å². The van der Waals surface area contributed by atoms with Gasteiger partial charge in [-0.2, -0.15) is 0 Å². The Balaban J connectivity index is 1.81. The van der Waals surface area contributed by atoms with Gasteiger partial charge in [0.1, 0.15) is 13.1 Å². The standard InChI is InChI=1S/C14H26NO2/c1-2-15(7-9-17-10-8-15)13-6-4-11-3-5-12(13)14(11)16/h11-14,16H,2-10H2,1H3/q+1/t11-,12-,13-,14+/m0/s1. The Morgan fingerprint density at radius 3 is 2.53 bits per heavy atom. The number of fused-ring (bicyclic) bond motifs is 2. The lowest BCUT2D eigenvalue weighted by Gasteiger charge is -2.51. The van der Waals surface area contributed by atoms with Crippen LogP contribution < -0.4 is 0 Å². The second-order valence-electron chi connectivity index (χ2n) is 6.23. The molecule has 2 aliphatic carbocycles. The van der Waals surface area contributed by atoms with E-state index in [0.29, 0.717) is 17.9 Å². The largest absolute Gasteiger partial charge is 0.392 e. The van der Waals surface area contributed by atoms with Crippen molar-refractivity contribution in [1.82, 2.24) is 0 Å². The fourth-order valence-corrected chi connectivity index (χ4v) is 4.70. The van der Waals surface area contributed by atoms with Crippen LogP contribution in [0.25, 0.3) is 0 Å². The highest BCUT2D eigenvalue weighted by Gasteiger charge is 2.51. The first kappa shape index (κ1) is 11.9. The van der Waals surface area contributed by atoms with Crippen LogP contribution in [0.15, 0.2) is 0 Å². The van der Waals surface area contributed by atoms with E-state index >= 15 is 0 Å². The fourth-order valence-electron chi connectivity index (χ4n) is 4.70. The van der Waals surface area contributed by atoms with E-state index in [1.807, 2.05) is 0 Å². The molecule has 3 nitrogen and oxygen atoms in total. The van der Waals surface area contributed by atoms with Gasteiger partial charge in [0.2, 0.25) is 0 Å². The van der Waals surface area contributed by atoms with Crippen molar-refractivity contribution in [2.24, 2.45) is 11.8 Å². The number of ether oxygens (including phenoxy) is 1. The molecule has 0 radical (unpaired) electrons. The van der Waals surface area contributed by atoms with E-state index in [1.54, 1.807) is 0 Å². The Kier molecular flexibility index (Phi) is 3.18. The highest BCUT2D eigenvalue weighted by molar-refractivity contribution is 4.94. The molecule has 3 heteroatoms. The lowest BCUT2D eigenvalue weighted by atomic mass is 9.80. The van der Waals surface area contributed by atoms with Gasteiger partial charge in [-0.3, -0.25) is 0 Å². The zero-order chi connectivity index (χ0) is 11.9. The van der Waals surface area contributed by atoms with Crippen molar-refractivity contribution in [2.45, 2.75) is 44.8 Å². The molecule has 1 aliphatic heterocycles. The molecule has 0 aromatic rings. The third-order valence-corrected chi connectivity index (χ3v) is 5.82. The van der Waals surface area contributed by atoms with Gasteiger partial charge in [0.25, 0.3) is 0 Å². The van der Waals surface area contributed by atoms with E-state index in [-0.39, 0.29) is 6.10 Å². The second kappa shape index (κ2) is 4.52. The molecule has 0 unspecified atom stereocenters. The molecule has 1 saturated heterocycles. The predicted molar refractivity (Wildman–Crippen MR) is 66.6 cm³/mol. The molecule has 98 valence electrons. The van der Waals surface area contributed by atoms with Crippen LogP contribution in [0.4, 0.5) is 0 Å². The Labute approximate surface area is 104 Å². The minimum atomic E-state index is -0.00172. The molecule has 2 saturated carbocycles. The van der Waals surface area contributed by atoms with E-state index in [4.69, 9.17) is 4.74 Å². The maximum absolute atomic E-state index is 10.4. The third kappa shape index (κ3) is 1.83. The van der Waals surface area contributed by atoms with Gasteiger partial charge in [0.15, 0.2) is 0 Å². The van der Waals surface area contributed by atoms with E-state index in [1.165, 1.54) is 36.7 Å².